The van der Waals surface area contributed by atoms with Crippen molar-refractivity contribution in [2.75, 3.05) is 12.3 Å². The molecule has 100 valence electrons. The van der Waals surface area contributed by atoms with Gasteiger partial charge < -0.3 is 10.6 Å². The lowest BCUT2D eigenvalue weighted by Crippen LogP contribution is -2.39. The zero-order valence-electron chi connectivity index (χ0n) is 11.5. The lowest BCUT2D eigenvalue weighted by molar-refractivity contribution is 0.0686. The molecule has 1 aromatic rings. The summed E-state index contributed by atoms with van der Waals surface area (Å²) >= 11 is 0. The van der Waals surface area contributed by atoms with Crippen LogP contribution in [0.5, 0.6) is 0 Å². The predicted molar refractivity (Wildman–Crippen MR) is 74.3 cm³/mol. The van der Waals surface area contributed by atoms with E-state index in [1.54, 1.807) is 12.3 Å². The molecule has 1 rings (SSSR count). The van der Waals surface area contributed by atoms with Gasteiger partial charge in [-0.25, -0.2) is 0 Å². The average molecular weight is 249 g/mol. The lowest BCUT2D eigenvalue weighted by Gasteiger charge is -2.29. The summed E-state index contributed by atoms with van der Waals surface area (Å²) in [4.78, 5) is 18.3. The van der Waals surface area contributed by atoms with Crippen molar-refractivity contribution < 1.29 is 4.79 Å². The summed E-state index contributed by atoms with van der Waals surface area (Å²) in [6.45, 7) is 7.07. The minimum absolute atomic E-state index is 0.0118. The Hall–Kier alpha value is -1.58. The van der Waals surface area contributed by atoms with Crippen molar-refractivity contribution in [2.45, 2.75) is 46.1 Å². The van der Waals surface area contributed by atoms with Gasteiger partial charge >= 0.3 is 0 Å². The van der Waals surface area contributed by atoms with Gasteiger partial charge in [-0.3, -0.25) is 9.78 Å². The third kappa shape index (κ3) is 3.45. The highest BCUT2D eigenvalue weighted by Gasteiger charge is 2.21. The summed E-state index contributed by atoms with van der Waals surface area (Å²) in [6.07, 6.45) is 6.17. The Morgan fingerprint density at radius 2 is 2.22 bits per heavy atom. The first-order valence-corrected chi connectivity index (χ1v) is 6.62. The van der Waals surface area contributed by atoms with E-state index in [9.17, 15) is 4.79 Å². The van der Waals surface area contributed by atoms with Crippen LogP contribution in [0.15, 0.2) is 18.5 Å². The SMILES string of the molecule is CCCCN(C(=O)c1ccncc1N)C(C)CC. The van der Waals surface area contributed by atoms with Crippen molar-refractivity contribution in [2.24, 2.45) is 0 Å². The van der Waals surface area contributed by atoms with Crippen LogP contribution in [-0.4, -0.2) is 28.4 Å². The molecule has 1 heterocycles. The molecule has 0 radical (unpaired) electrons. The minimum Gasteiger partial charge on any atom is -0.397 e. The number of carbonyl (C=O) groups is 1. The Morgan fingerprint density at radius 1 is 1.50 bits per heavy atom. The third-order valence-corrected chi connectivity index (χ3v) is 3.22. The molecule has 4 heteroatoms. The second-order valence-corrected chi connectivity index (χ2v) is 4.57. The van der Waals surface area contributed by atoms with E-state index in [4.69, 9.17) is 5.73 Å². The molecule has 1 atom stereocenters. The van der Waals surface area contributed by atoms with Crippen LogP contribution >= 0.6 is 0 Å². The van der Waals surface area contributed by atoms with E-state index in [0.29, 0.717) is 11.3 Å². The van der Waals surface area contributed by atoms with Gasteiger partial charge in [-0.2, -0.15) is 0 Å². The normalized spacial score (nSPS) is 12.2. The van der Waals surface area contributed by atoms with Crippen molar-refractivity contribution >= 4 is 11.6 Å². The second kappa shape index (κ2) is 6.99. The maximum Gasteiger partial charge on any atom is 0.256 e. The first kappa shape index (κ1) is 14.5. The number of nitrogens with zero attached hydrogens (tertiary/aromatic N) is 2. The van der Waals surface area contributed by atoms with Crippen LogP contribution in [0.2, 0.25) is 0 Å². The maximum atomic E-state index is 12.5. The van der Waals surface area contributed by atoms with Crippen molar-refractivity contribution in [3.8, 4) is 0 Å². The van der Waals surface area contributed by atoms with Crippen LogP contribution in [0.1, 0.15) is 50.4 Å². The number of rotatable bonds is 6. The van der Waals surface area contributed by atoms with Gasteiger partial charge in [0.1, 0.15) is 0 Å². The fourth-order valence-corrected chi connectivity index (χ4v) is 1.83. The van der Waals surface area contributed by atoms with E-state index in [2.05, 4.69) is 25.8 Å². The van der Waals surface area contributed by atoms with Crippen molar-refractivity contribution in [3.05, 3.63) is 24.0 Å². The molecule has 0 aromatic carbocycles. The zero-order chi connectivity index (χ0) is 13.5. The number of amides is 1. The summed E-state index contributed by atoms with van der Waals surface area (Å²) in [5, 5.41) is 0. The topological polar surface area (TPSA) is 59.2 Å². The molecule has 18 heavy (non-hydrogen) atoms. The smallest absolute Gasteiger partial charge is 0.256 e. The van der Waals surface area contributed by atoms with E-state index >= 15 is 0 Å². The van der Waals surface area contributed by atoms with E-state index in [-0.39, 0.29) is 11.9 Å². The first-order chi connectivity index (χ1) is 8.61. The Kier molecular flexibility index (Phi) is 5.62. The molecule has 0 fully saturated rings. The number of hydrogen-bond donors (Lipinski definition) is 1. The van der Waals surface area contributed by atoms with Crippen LogP contribution < -0.4 is 5.73 Å². The number of anilines is 1. The number of aromatic nitrogens is 1. The van der Waals surface area contributed by atoms with Gasteiger partial charge in [-0.15, -0.1) is 0 Å². The minimum atomic E-state index is 0.0118. The second-order valence-electron chi connectivity index (χ2n) is 4.57. The summed E-state index contributed by atoms with van der Waals surface area (Å²) in [7, 11) is 0. The standard InChI is InChI=1S/C14H23N3O/c1-4-6-9-17(11(3)5-2)14(18)12-7-8-16-10-13(12)15/h7-8,10-11H,4-6,9,15H2,1-3H3. The molecule has 2 N–H and O–H groups in total. The molecular weight excluding hydrogens is 226 g/mol. The van der Waals surface area contributed by atoms with Gasteiger partial charge in [-0.05, 0) is 25.8 Å². The first-order valence-electron chi connectivity index (χ1n) is 6.62. The highest BCUT2D eigenvalue weighted by atomic mass is 16.2. The number of hydrogen-bond acceptors (Lipinski definition) is 3. The maximum absolute atomic E-state index is 12.5. The molecule has 0 aliphatic rings. The van der Waals surface area contributed by atoms with Crippen LogP contribution in [0.4, 0.5) is 5.69 Å². The number of nitrogen functional groups attached to an aromatic ring is 1. The molecule has 0 saturated carbocycles. The van der Waals surface area contributed by atoms with Crippen LogP contribution in [0, 0.1) is 0 Å². The highest BCUT2D eigenvalue weighted by Crippen LogP contribution is 2.16. The molecule has 4 nitrogen and oxygen atoms in total. The van der Waals surface area contributed by atoms with Crippen molar-refractivity contribution in [1.82, 2.24) is 9.88 Å². The van der Waals surface area contributed by atoms with Crippen LogP contribution in [0.25, 0.3) is 0 Å². The summed E-state index contributed by atoms with van der Waals surface area (Å²) in [5.74, 6) is 0.0118. The van der Waals surface area contributed by atoms with E-state index in [1.165, 1.54) is 6.20 Å². The molecule has 1 amide bonds. The molecule has 1 aromatic heterocycles. The van der Waals surface area contributed by atoms with Gasteiger partial charge in [0, 0.05) is 18.8 Å². The van der Waals surface area contributed by atoms with Gasteiger partial charge in [0.15, 0.2) is 0 Å². The molecule has 0 aliphatic heterocycles. The molecule has 0 aliphatic carbocycles. The number of carbonyl (C=O) groups excluding carboxylic acids is 1. The Balaban J connectivity index is 2.91. The van der Waals surface area contributed by atoms with Gasteiger partial charge in [0.25, 0.3) is 5.91 Å². The Morgan fingerprint density at radius 3 is 2.78 bits per heavy atom. The highest BCUT2D eigenvalue weighted by molar-refractivity contribution is 5.99. The van der Waals surface area contributed by atoms with Crippen LogP contribution in [0.3, 0.4) is 0 Å². The van der Waals surface area contributed by atoms with E-state index in [0.717, 1.165) is 25.8 Å². The molecular formula is C14H23N3O. The molecule has 0 bridgehead atoms. The van der Waals surface area contributed by atoms with Gasteiger partial charge in [0.2, 0.25) is 0 Å². The summed E-state index contributed by atoms with van der Waals surface area (Å²) in [6, 6.07) is 1.93. The molecule has 0 saturated heterocycles. The number of pyridine rings is 1. The summed E-state index contributed by atoms with van der Waals surface area (Å²) < 4.78 is 0. The van der Waals surface area contributed by atoms with Crippen molar-refractivity contribution in [3.63, 3.8) is 0 Å². The van der Waals surface area contributed by atoms with Gasteiger partial charge in [-0.1, -0.05) is 20.3 Å². The van der Waals surface area contributed by atoms with Crippen molar-refractivity contribution in [1.29, 1.82) is 0 Å². The van der Waals surface area contributed by atoms with E-state index < -0.39 is 0 Å². The number of unbranched alkanes of at least 4 members (excludes halogenated alkanes) is 1. The monoisotopic (exact) mass is 249 g/mol. The fourth-order valence-electron chi connectivity index (χ4n) is 1.83. The van der Waals surface area contributed by atoms with Crippen LogP contribution in [-0.2, 0) is 0 Å². The molecule has 0 spiro atoms. The molecule has 1 unspecified atom stereocenters. The number of nitrogens with two attached hydrogens (primary N) is 1. The van der Waals surface area contributed by atoms with E-state index in [1.807, 2.05) is 4.90 Å². The largest absolute Gasteiger partial charge is 0.397 e. The lowest BCUT2D eigenvalue weighted by atomic mass is 10.1. The predicted octanol–water partition coefficient (Wildman–Crippen LogP) is 2.70. The fraction of sp³-hybridized carbons (Fsp3) is 0.571. The average Bonchev–Trinajstić information content (AvgIpc) is 2.39. The Bertz CT molecular complexity index is 392. The third-order valence-electron chi connectivity index (χ3n) is 3.22. The Labute approximate surface area is 109 Å². The van der Waals surface area contributed by atoms with Gasteiger partial charge in [0.05, 0.1) is 17.4 Å². The quantitative estimate of drug-likeness (QED) is 0.843. The summed E-state index contributed by atoms with van der Waals surface area (Å²) in [5.41, 5.74) is 6.83. The zero-order valence-corrected chi connectivity index (χ0v) is 11.5.